The zero-order valence-electron chi connectivity index (χ0n) is 3.11. The lowest BCUT2D eigenvalue weighted by Gasteiger charge is -1.76. The minimum absolute atomic E-state index is 0.528. The standard InChI is InChI=1S/C3H4ClOS/c4-1-2-6-3-5/h1-2H2. The third-order valence-corrected chi connectivity index (χ3v) is 1.18. The van der Waals surface area contributed by atoms with Crippen LogP contribution in [-0.2, 0) is 4.79 Å². The number of hydrogen-bond acceptors (Lipinski definition) is 2. The predicted molar refractivity (Wildman–Crippen MR) is 28.9 cm³/mol. The molecule has 0 aliphatic rings. The van der Waals surface area contributed by atoms with E-state index in [2.05, 4.69) is 0 Å². The summed E-state index contributed by atoms with van der Waals surface area (Å²) in [4.78, 5) is 9.34. The van der Waals surface area contributed by atoms with Crippen LogP contribution in [0.15, 0.2) is 0 Å². The van der Waals surface area contributed by atoms with Gasteiger partial charge in [-0.1, -0.05) is 11.8 Å². The van der Waals surface area contributed by atoms with E-state index < -0.39 is 0 Å². The normalized spacial score (nSPS) is 8.17. The Balaban J connectivity index is 2.49. The molecule has 0 N–H and O–H groups in total. The van der Waals surface area contributed by atoms with E-state index in [1.807, 2.05) is 0 Å². The van der Waals surface area contributed by atoms with Crippen molar-refractivity contribution in [3.8, 4) is 0 Å². The molecule has 0 aromatic carbocycles. The number of rotatable bonds is 3. The van der Waals surface area contributed by atoms with E-state index in [4.69, 9.17) is 11.6 Å². The molecule has 0 aliphatic heterocycles. The highest BCUT2D eigenvalue weighted by Crippen LogP contribution is 1.91. The zero-order chi connectivity index (χ0) is 4.83. The van der Waals surface area contributed by atoms with Crippen molar-refractivity contribution in [2.45, 2.75) is 0 Å². The van der Waals surface area contributed by atoms with Gasteiger partial charge in [-0.15, -0.1) is 11.6 Å². The van der Waals surface area contributed by atoms with Gasteiger partial charge < -0.3 is 0 Å². The van der Waals surface area contributed by atoms with Gasteiger partial charge in [-0.25, -0.2) is 0 Å². The smallest absolute Gasteiger partial charge is 0.266 e. The highest BCUT2D eigenvalue weighted by Gasteiger charge is 1.78. The van der Waals surface area contributed by atoms with Crippen molar-refractivity contribution in [3.63, 3.8) is 0 Å². The molecule has 0 rings (SSSR count). The first kappa shape index (κ1) is 6.31. The summed E-state index contributed by atoms with van der Waals surface area (Å²) in [7, 11) is 0. The fourth-order valence-corrected chi connectivity index (χ4v) is 0.472. The first-order valence-electron chi connectivity index (χ1n) is 1.46. The lowest BCUT2D eigenvalue weighted by Crippen LogP contribution is -1.74. The van der Waals surface area contributed by atoms with Crippen LogP contribution < -0.4 is 0 Å². The van der Waals surface area contributed by atoms with Crippen molar-refractivity contribution in [3.05, 3.63) is 0 Å². The molecule has 35 valence electrons. The number of hydrogen-bond donors (Lipinski definition) is 0. The molecule has 0 atom stereocenters. The monoisotopic (exact) mass is 123 g/mol. The van der Waals surface area contributed by atoms with Gasteiger partial charge in [0.05, 0.1) is 0 Å². The van der Waals surface area contributed by atoms with Crippen LogP contribution in [0.25, 0.3) is 0 Å². The highest BCUT2D eigenvalue weighted by atomic mass is 35.5. The van der Waals surface area contributed by atoms with Gasteiger partial charge in [-0.3, -0.25) is 4.79 Å². The summed E-state index contributed by atoms with van der Waals surface area (Å²) in [6, 6.07) is 0. The Morgan fingerprint density at radius 1 is 1.83 bits per heavy atom. The fourth-order valence-electron chi connectivity index (χ4n) is 0.0802. The van der Waals surface area contributed by atoms with E-state index in [-0.39, 0.29) is 0 Å². The first-order valence-corrected chi connectivity index (χ1v) is 2.98. The lowest BCUT2D eigenvalue weighted by molar-refractivity contribution is 0.570. The van der Waals surface area contributed by atoms with E-state index in [9.17, 15) is 4.79 Å². The van der Waals surface area contributed by atoms with Crippen LogP contribution in [0.1, 0.15) is 0 Å². The van der Waals surface area contributed by atoms with Gasteiger partial charge in [0, 0.05) is 11.6 Å². The Labute approximate surface area is 46.1 Å². The molecule has 1 nitrogen and oxygen atoms in total. The average Bonchev–Trinajstić information content (AvgIpc) is 1.61. The SMILES string of the molecule is O=[C]SCCCl. The predicted octanol–water partition coefficient (Wildman–Crippen LogP) is 1.03. The highest BCUT2D eigenvalue weighted by molar-refractivity contribution is 8.11. The number of carbonyl (C=O) groups excluding carboxylic acids is 1. The first-order chi connectivity index (χ1) is 2.91. The molecule has 0 aromatic heterocycles. The van der Waals surface area contributed by atoms with Crippen LogP contribution in [0.4, 0.5) is 0 Å². The Hall–Kier alpha value is 0.310. The Morgan fingerprint density at radius 3 is 2.67 bits per heavy atom. The molecule has 3 heteroatoms. The van der Waals surface area contributed by atoms with Gasteiger partial charge in [0.15, 0.2) is 0 Å². The van der Waals surface area contributed by atoms with E-state index in [0.717, 1.165) is 11.8 Å². The number of thioether (sulfide) groups is 1. The van der Waals surface area contributed by atoms with Crippen molar-refractivity contribution in [1.29, 1.82) is 0 Å². The summed E-state index contributed by atoms with van der Waals surface area (Å²) in [5, 5.41) is 0. The molecule has 0 bridgehead atoms. The van der Waals surface area contributed by atoms with Gasteiger partial charge in [0.1, 0.15) is 0 Å². The van der Waals surface area contributed by atoms with Crippen LogP contribution in [0.5, 0.6) is 0 Å². The molecule has 0 saturated heterocycles. The summed E-state index contributed by atoms with van der Waals surface area (Å²) >= 11 is 6.25. The summed E-state index contributed by atoms with van der Waals surface area (Å²) < 4.78 is 0. The second kappa shape index (κ2) is 5.31. The van der Waals surface area contributed by atoms with Gasteiger partial charge in [-0.05, 0) is 0 Å². The van der Waals surface area contributed by atoms with Gasteiger partial charge in [0.25, 0.3) is 5.62 Å². The second-order valence-corrected chi connectivity index (χ2v) is 1.86. The summed E-state index contributed by atoms with van der Waals surface area (Å²) in [6.45, 7) is 0. The fraction of sp³-hybridized carbons (Fsp3) is 0.667. The molecule has 1 radical (unpaired) electrons. The topological polar surface area (TPSA) is 17.1 Å². The van der Waals surface area contributed by atoms with E-state index in [0.29, 0.717) is 11.6 Å². The van der Waals surface area contributed by atoms with Crippen LogP contribution in [0, 0.1) is 0 Å². The van der Waals surface area contributed by atoms with Crippen LogP contribution in [0.3, 0.4) is 0 Å². The number of alkyl halides is 1. The minimum atomic E-state index is 0.528. The summed E-state index contributed by atoms with van der Waals surface area (Å²) in [6.07, 6.45) is 0. The maximum atomic E-state index is 9.34. The molecule has 0 unspecified atom stereocenters. The molecule has 0 saturated carbocycles. The van der Waals surface area contributed by atoms with E-state index in [1.165, 1.54) is 0 Å². The molecule has 0 heterocycles. The van der Waals surface area contributed by atoms with E-state index in [1.54, 1.807) is 5.62 Å². The molecular formula is C3H4ClOS. The van der Waals surface area contributed by atoms with Crippen LogP contribution in [0.2, 0.25) is 0 Å². The Kier molecular flexibility index (Phi) is 5.58. The Bertz CT molecular complexity index is 39.8. The zero-order valence-corrected chi connectivity index (χ0v) is 4.68. The molecule has 0 aromatic rings. The molecule has 6 heavy (non-hydrogen) atoms. The molecule has 0 aliphatic carbocycles. The molecule has 0 amide bonds. The Morgan fingerprint density at radius 2 is 2.50 bits per heavy atom. The average molecular weight is 124 g/mol. The molecule has 0 fully saturated rings. The number of halogens is 1. The van der Waals surface area contributed by atoms with Gasteiger partial charge >= 0.3 is 0 Å². The quantitative estimate of drug-likeness (QED) is 0.412. The van der Waals surface area contributed by atoms with Crippen molar-refractivity contribution in [2.75, 3.05) is 11.6 Å². The molecular weight excluding hydrogens is 120 g/mol. The van der Waals surface area contributed by atoms with Crippen molar-refractivity contribution >= 4 is 29.0 Å². The summed E-state index contributed by atoms with van der Waals surface area (Å²) in [5.41, 5.74) is 1.65. The van der Waals surface area contributed by atoms with Crippen molar-refractivity contribution < 1.29 is 4.79 Å². The second-order valence-electron chi connectivity index (χ2n) is 0.621. The third-order valence-electron chi connectivity index (χ3n) is 0.238. The van der Waals surface area contributed by atoms with Crippen molar-refractivity contribution in [2.24, 2.45) is 0 Å². The minimum Gasteiger partial charge on any atom is -0.277 e. The largest absolute Gasteiger partial charge is 0.277 e. The van der Waals surface area contributed by atoms with Crippen molar-refractivity contribution in [1.82, 2.24) is 0 Å². The lowest BCUT2D eigenvalue weighted by atomic mass is 11.0. The van der Waals surface area contributed by atoms with Gasteiger partial charge in [-0.2, -0.15) is 0 Å². The molecule has 0 spiro atoms. The summed E-state index contributed by atoms with van der Waals surface area (Å²) in [5.74, 6) is 1.20. The van der Waals surface area contributed by atoms with E-state index >= 15 is 0 Å². The van der Waals surface area contributed by atoms with Gasteiger partial charge in [0.2, 0.25) is 0 Å². The van der Waals surface area contributed by atoms with Crippen LogP contribution in [-0.4, -0.2) is 17.3 Å². The maximum absolute atomic E-state index is 9.34. The maximum Gasteiger partial charge on any atom is 0.266 e. The van der Waals surface area contributed by atoms with Crippen LogP contribution >= 0.6 is 23.4 Å². The third kappa shape index (κ3) is 4.31.